The van der Waals surface area contributed by atoms with Gasteiger partial charge in [-0.2, -0.15) is 0 Å². The standard InChI is InChI=1S/C19H22ClN5O2/c1-12-4-5-15(10-16(12)20)23-18-11-17(21-13(2)22-18)19(27)25-8-6-24(7-9-25)14(3)26/h4-5,10-11H,6-9H2,1-3H3,(H,21,22,23). The van der Waals surface area contributed by atoms with Gasteiger partial charge in [-0.05, 0) is 31.5 Å². The molecule has 1 fully saturated rings. The number of piperazine rings is 1. The highest BCUT2D eigenvalue weighted by molar-refractivity contribution is 6.31. The lowest BCUT2D eigenvalue weighted by atomic mass is 10.2. The predicted molar refractivity (Wildman–Crippen MR) is 104 cm³/mol. The van der Waals surface area contributed by atoms with Gasteiger partial charge < -0.3 is 15.1 Å². The smallest absolute Gasteiger partial charge is 0.272 e. The van der Waals surface area contributed by atoms with Crippen molar-refractivity contribution in [2.75, 3.05) is 31.5 Å². The molecule has 1 saturated heterocycles. The van der Waals surface area contributed by atoms with E-state index < -0.39 is 0 Å². The van der Waals surface area contributed by atoms with E-state index in [2.05, 4.69) is 15.3 Å². The number of aromatic nitrogens is 2. The van der Waals surface area contributed by atoms with Gasteiger partial charge in [0.15, 0.2) is 0 Å². The molecule has 0 spiro atoms. The molecule has 2 aromatic rings. The van der Waals surface area contributed by atoms with Crippen LogP contribution in [0.1, 0.15) is 28.8 Å². The summed E-state index contributed by atoms with van der Waals surface area (Å²) in [5.74, 6) is 0.911. The Morgan fingerprint density at radius 1 is 1.04 bits per heavy atom. The van der Waals surface area contributed by atoms with Gasteiger partial charge in [-0.1, -0.05) is 17.7 Å². The third-order valence-electron chi connectivity index (χ3n) is 4.51. The fourth-order valence-corrected chi connectivity index (χ4v) is 3.13. The van der Waals surface area contributed by atoms with Crippen molar-refractivity contribution in [1.82, 2.24) is 19.8 Å². The van der Waals surface area contributed by atoms with Crippen LogP contribution in [0.2, 0.25) is 5.02 Å². The summed E-state index contributed by atoms with van der Waals surface area (Å²) >= 11 is 6.17. The van der Waals surface area contributed by atoms with Gasteiger partial charge in [0.05, 0.1) is 0 Å². The van der Waals surface area contributed by atoms with Crippen LogP contribution in [0.25, 0.3) is 0 Å². The van der Waals surface area contributed by atoms with Gasteiger partial charge in [-0.3, -0.25) is 9.59 Å². The molecule has 142 valence electrons. The number of hydrogen-bond donors (Lipinski definition) is 1. The van der Waals surface area contributed by atoms with E-state index in [0.29, 0.717) is 48.5 Å². The first-order chi connectivity index (χ1) is 12.8. The summed E-state index contributed by atoms with van der Waals surface area (Å²) < 4.78 is 0. The van der Waals surface area contributed by atoms with Crippen LogP contribution in [0.3, 0.4) is 0 Å². The third kappa shape index (κ3) is 4.54. The summed E-state index contributed by atoms with van der Waals surface area (Å²) in [5.41, 5.74) is 2.11. The van der Waals surface area contributed by atoms with Crippen molar-refractivity contribution in [3.8, 4) is 0 Å². The van der Waals surface area contributed by atoms with Gasteiger partial charge in [-0.25, -0.2) is 9.97 Å². The summed E-state index contributed by atoms with van der Waals surface area (Å²) in [6.45, 7) is 7.30. The van der Waals surface area contributed by atoms with Crippen molar-refractivity contribution >= 4 is 34.9 Å². The van der Waals surface area contributed by atoms with Crippen LogP contribution in [-0.4, -0.2) is 57.8 Å². The van der Waals surface area contributed by atoms with E-state index in [9.17, 15) is 9.59 Å². The maximum Gasteiger partial charge on any atom is 0.272 e. The minimum absolute atomic E-state index is 0.0308. The number of aryl methyl sites for hydroxylation is 2. The zero-order chi connectivity index (χ0) is 19.6. The number of amides is 2. The van der Waals surface area contributed by atoms with Crippen molar-refractivity contribution in [2.24, 2.45) is 0 Å². The van der Waals surface area contributed by atoms with E-state index in [1.54, 1.807) is 29.7 Å². The van der Waals surface area contributed by atoms with Gasteiger partial charge in [0.25, 0.3) is 5.91 Å². The number of nitrogens with zero attached hydrogens (tertiary/aromatic N) is 4. The molecule has 8 heteroatoms. The third-order valence-corrected chi connectivity index (χ3v) is 4.92. The van der Waals surface area contributed by atoms with Crippen molar-refractivity contribution < 1.29 is 9.59 Å². The van der Waals surface area contributed by atoms with Crippen molar-refractivity contribution in [1.29, 1.82) is 0 Å². The van der Waals surface area contributed by atoms with Crippen LogP contribution in [0.5, 0.6) is 0 Å². The molecule has 3 rings (SSSR count). The molecule has 7 nitrogen and oxygen atoms in total. The molecule has 2 heterocycles. The number of rotatable bonds is 3. The summed E-state index contributed by atoms with van der Waals surface area (Å²) in [5, 5.41) is 3.83. The fraction of sp³-hybridized carbons (Fsp3) is 0.368. The van der Waals surface area contributed by atoms with Crippen LogP contribution < -0.4 is 5.32 Å². The van der Waals surface area contributed by atoms with Gasteiger partial charge in [0.1, 0.15) is 17.3 Å². The summed E-state index contributed by atoms with van der Waals surface area (Å²) in [6, 6.07) is 7.28. The average molecular weight is 388 g/mol. The maximum atomic E-state index is 12.8. The Morgan fingerprint density at radius 2 is 1.70 bits per heavy atom. The summed E-state index contributed by atoms with van der Waals surface area (Å²) in [4.78, 5) is 36.4. The van der Waals surface area contributed by atoms with Crippen LogP contribution in [-0.2, 0) is 4.79 Å². The van der Waals surface area contributed by atoms with E-state index in [4.69, 9.17) is 11.6 Å². The first-order valence-corrected chi connectivity index (χ1v) is 9.15. The number of halogens is 1. The largest absolute Gasteiger partial charge is 0.340 e. The zero-order valence-corrected chi connectivity index (χ0v) is 16.4. The molecule has 0 saturated carbocycles. The fourth-order valence-electron chi connectivity index (χ4n) is 2.95. The Kier molecular flexibility index (Phi) is 5.60. The number of nitrogens with one attached hydrogen (secondary N) is 1. The predicted octanol–water partition coefficient (Wildman–Crippen LogP) is 2.79. The summed E-state index contributed by atoms with van der Waals surface area (Å²) in [7, 11) is 0. The van der Waals surface area contributed by atoms with E-state index >= 15 is 0 Å². The maximum absolute atomic E-state index is 12.8. The van der Waals surface area contributed by atoms with Crippen molar-refractivity contribution in [2.45, 2.75) is 20.8 Å². The lowest BCUT2D eigenvalue weighted by Crippen LogP contribution is -2.50. The molecule has 1 aliphatic rings. The second-order valence-electron chi connectivity index (χ2n) is 6.57. The second-order valence-corrected chi connectivity index (χ2v) is 6.98. The van der Waals surface area contributed by atoms with Crippen LogP contribution in [0.15, 0.2) is 24.3 Å². The van der Waals surface area contributed by atoms with E-state index in [0.717, 1.165) is 11.3 Å². The van der Waals surface area contributed by atoms with Crippen molar-refractivity contribution in [3.05, 3.63) is 46.4 Å². The normalized spacial score (nSPS) is 14.2. The van der Waals surface area contributed by atoms with Gasteiger partial charge in [0.2, 0.25) is 5.91 Å². The van der Waals surface area contributed by atoms with Gasteiger partial charge in [-0.15, -0.1) is 0 Å². The van der Waals surface area contributed by atoms with Gasteiger partial charge in [0, 0.05) is 49.9 Å². The monoisotopic (exact) mass is 387 g/mol. The Morgan fingerprint density at radius 3 is 2.33 bits per heavy atom. The Labute approximate surface area is 163 Å². The highest BCUT2D eigenvalue weighted by atomic mass is 35.5. The van der Waals surface area contributed by atoms with Crippen LogP contribution >= 0.6 is 11.6 Å². The highest BCUT2D eigenvalue weighted by Gasteiger charge is 2.24. The number of benzene rings is 1. The molecule has 1 aromatic carbocycles. The molecule has 1 N–H and O–H groups in total. The molecule has 0 aliphatic carbocycles. The molecule has 0 unspecified atom stereocenters. The number of hydrogen-bond acceptors (Lipinski definition) is 5. The lowest BCUT2D eigenvalue weighted by molar-refractivity contribution is -0.130. The minimum Gasteiger partial charge on any atom is -0.340 e. The molecule has 1 aliphatic heterocycles. The highest BCUT2D eigenvalue weighted by Crippen LogP contribution is 2.23. The average Bonchev–Trinajstić information content (AvgIpc) is 2.64. The number of carbonyl (C=O) groups is 2. The number of anilines is 2. The van der Waals surface area contributed by atoms with E-state index in [-0.39, 0.29) is 11.8 Å². The lowest BCUT2D eigenvalue weighted by Gasteiger charge is -2.34. The molecule has 0 bridgehead atoms. The molecule has 27 heavy (non-hydrogen) atoms. The first-order valence-electron chi connectivity index (χ1n) is 8.77. The summed E-state index contributed by atoms with van der Waals surface area (Å²) in [6.07, 6.45) is 0. The molecular weight excluding hydrogens is 366 g/mol. The molecular formula is C19H22ClN5O2. The topological polar surface area (TPSA) is 78.4 Å². The van der Waals surface area contributed by atoms with Crippen LogP contribution in [0, 0.1) is 13.8 Å². The SMILES string of the molecule is CC(=O)N1CCN(C(=O)c2cc(Nc3ccc(C)c(Cl)c3)nc(C)n2)CC1. The molecule has 2 amide bonds. The van der Waals surface area contributed by atoms with E-state index in [1.807, 2.05) is 25.1 Å². The molecule has 0 radical (unpaired) electrons. The molecule has 1 aromatic heterocycles. The number of carbonyl (C=O) groups excluding carboxylic acids is 2. The quantitative estimate of drug-likeness (QED) is 0.876. The Balaban J connectivity index is 1.75. The molecule has 0 atom stereocenters. The Bertz CT molecular complexity index is 878. The van der Waals surface area contributed by atoms with E-state index in [1.165, 1.54) is 0 Å². The minimum atomic E-state index is -0.159. The van der Waals surface area contributed by atoms with Gasteiger partial charge >= 0.3 is 0 Å². The van der Waals surface area contributed by atoms with Crippen LogP contribution in [0.4, 0.5) is 11.5 Å². The zero-order valence-electron chi connectivity index (χ0n) is 15.6. The second kappa shape index (κ2) is 7.92. The first kappa shape index (κ1) is 19.1. The van der Waals surface area contributed by atoms with Crippen molar-refractivity contribution in [3.63, 3.8) is 0 Å². The Hall–Kier alpha value is -2.67.